The largest absolute Gasteiger partial charge is 0.504 e. The number of nitrogens with two attached hydrogens (primary N) is 1. The van der Waals surface area contributed by atoms with Crippen molar-refractivity contribution < 1.29 is 17.7 Å². The summed E-state index contributed by atoms with van der Waals surface area (Å²) in [5.74, 6) is -0.0278. The van der Waals surface area contributed by atoms with Gasteiger partial charge >= 0.3 is 10.3 Å². The molecule has 1 aromatic heterocycles. The van der Waals surface area contributed by atoms with Crippen LogP contribution in [0.1, 0.15) is 25.0 Å². The first-order valence-corrected chi connectivity index (χ1v) is 13.3. The number of nitrogens with one attached hydrogen (secondary N) is 2. The summed E-state index contributed by atoms with van der Waals surface area (Å²) in [5, 5.41) is 21.4. The Labute approximate surface area is 211 Å². The summed E-state index contributed by atoms with van der Waals surface area (Å²) < 4.78 is 27.0. The van der Waals surface area contributed by atoms with Crippen molar-refractivity contribution in [2.24, 2.45) is 5.14 Å². The van der Waals surface area contributed by atoms with E-state index < -0.39 is 10.3 Å². The van der Waals surface area contributed by atoms with Crippen LogP contribution in [0.15, 0.2) is 54.7 Å². The molecule has 11 heteroatoms. The summed E-state index contributed by atoms with van der Waals surface area (Å²) in [5.41, 5.74) is 3.84. The minimum atomic E-state index is -4.23. The number of nitrogens with zero attached hydrogens (tertiary/aromatic N) is 3. The third-order valence-electron chi connectivity index (χ3n) is 6.08. The van der Waals surface area contributed by atoms with Crippen molar-refractivity contribution in [3.8, 4) is 22.8 Å². The van der Waals surface area contributed by atoms with E-state index in [1.807, 2.05) is 12.1 Å². The molecule has 2 heterocycles. The number of phenolic OH excluding ortho intramolecular Hbond substituents is 1. The number of hydrogen-bond acceptors (Lipinski definition) is 9. The Morgan fingerprint density at radius 2 is 2.03 bits per heavy atom. The van der Waals surface area contributed by atoms with Crippen molar-refractivity contribution in [1.29, 1.82) is 0 Å². The van der Waals surface area contributed by atoms with E-state index in [1.54, 1.807) is 12.3 Å². The maximum absolute atomic E-state index is 11.2. The van der Waals surface area contributed by atoms with Gasteiger partial charge in [0.2, 0.25) is 5.95 Å². The lowest BCUT2D eigenvalue weighted by Crippen LogP contribution is -2.53. The van der Waals surface area contributed by atoms with E-state index in [1.165, 1.54) is 17.7 Å². The molecule has 0 amide bonds. The number of aromatic hydroxyl groups is 1. The van der Waals surface area contributed by atoms with Gasteiger partial charge in [0.1, 0.15) is 0 Å². The number of phenols is 1. The van der Waals surface area contributed by atoms with Crippen LogP contribution in [0.4, 0.5) is 5.95 Å². The lowest BCUT2D eigenvalue weighted by atomic mass is 10.1. The van der Waals surface area contributed by atoms with Gasteiger partial charge in [0.25, 0.3) is 0 Å². The SMILES string of the molecule is C[C@H]1CN(Cc2cccc(-c3ccnc(NCCc4ccc(O)c(OS(N)(=O)=O)c4)n3)c2)[C@@H](C)CN1. The molecule has 192 valence electrons. The summed E-state index contributed by atoms with van der Waals surface area (Å²) in [6.45, 7) is 7.85. The fourth-order valence-electron chi connectivity index (χ4n) is 4.21. The monoisotopic (exact) mass is 512 g/mol. The Balaban J connectivity index is 1.39. The normalized spacial score (nSPS) is 18.6. The van der Waals surface area contributed by atoms with Gasteiger partial charge in [0, 0.05) is 50.0 Å². The van der Waals surface area contributed by atoms with Gasteiger partial charge in [-0.1, -0.05) is 24.3 Å². The molecule has 10 nitrogen and oxygen atoms in total. The van der Waals surface area contributed by atoms with Crippen LogP contribution in [-0.2, 0) is 23.3 Å². The van der Waals surface area contributed by atoms with Crippen molar-refractivity contribution in [1.82, 2.24) is 20.2 Å². The standard InChI is InChI=1S/C25H32N6O4S/c1-17-15-31(18(2)14-29-17)16-20-4-3-5-21(12-20)22-9-11-28-25(30-22)27-10-8-19-6-7-23(32)24(13-19)35-36(26,33)34/h3-7,9,11-13,17-18,29,32H,8,10,14-16H2,1-2H3,(H2,26,33,34)(H,27,28,30)/t17-,18-/m0/s1. The van der Waals surface area contributed by atoms with Gasteiger partial charge < -0.3 is 19.9 Å². The van der Waals surface area contributed by atoms with Crippen LogP contribution in [-0.4, -0.2) is 60.1 Å². The molecule has 0 radical (unpaired) electrons. The Hall–Kier alpha value is -3.25. The first-order chi connectivity index (χ1) is 17.2. The van der Waals surface area contributed by atoms with E-state index in [0.717, 1.165) is 36.5 Å². The molecule has 4 rings (SSSR count). The maximum atomic E-state index is 11.2. The molecule has 2 atom stereocenters. The molecule has 0 saturated carbocycles. The Bertz CT molecular complexity index is 1300. The number of aromatic nitrogens is 2. The van der Waals surface area contributed by atoms with Crippen LogP contribution in [0.5, 0.6) is 11.5 Å². The highest BCUT2D eigenvalue weighted by molar-refractivity contribution is 7.84. The van der Waals surface area contributed by atoms with E-state index in [4.69, 9.17) is 5.14 Å². The summed E-state index contributed by atoms with van der Waals surface area (Å²) in [6, 6.07) is 15.7. The molecule has 1 aliphatic heterocycles. The molecule has 0 aliphatic carbocycles. The third-order valence-corrected chi connectivity index (χ3v) is 6.50. The zero-order valence-electron chi connectivity index (χ0n) is 20.4. The molecule has 2 aromatic carbocycles. The quantitative estimate of drug-likeness (QED) is 0.339. The van der Waals surface area contributed by atoms with Crippen molar-refractivity contribution in [3.63, 3.8) is 0 Å². The molecule has 1 fully saturated rings. The van der Waals surface area contributed by atoms with Crippen LogP contribution < -0.4 is 20.0 Å². The highest BCUT2D eigenvalue weighted by atomic mass is 32.2. The van der Waals surface area contributed by atoms with Gasteiger partial charge in [-0.15, -0.1) is 0 Å². The van der Waals surface area contributed by atoms with E-state index in [9.17, 15) is 13.5 Å². The Morgan fingerprint density at radius 3 is 2.83 bits per heavy atom. The Kier molecular flexibility index (Phi) is 8.04. The van der Waals surface area contributed by atoms with Gasteiger partial charge in [0.15, 0.2) is 11.5 Å². The average molecular weight is 513 g/mol. The Morgan fingerprint density at radius 1 is 1.19 bits per heavy atom. The first kappa shape index (κ1) is 25.8. The molecular weight excluding hydrogens is 480 g/mol. The molecule has 1 saturated heterocycles. The third kappa shape index (κ3) is 7.14. The predicted molar refractivity (Wildman–Crippen MR) is 139 cm³/mol. The van der Waals surface area contributed by atoms with Crippen molar-refractivity contribution in [2.45, 2.75) is 38.9 Å². The van der Waals surface area contributed by atoms with Crippen molar-refractivity contribution >= 4 is 16.3 Å². The zero-order chi connectivity index (χ0) is 25.7. The molecule has 0 unspecified atom stereocenters. The van der Waals surface area contributed by atoms with Gasteiger partial charge in [0.05, 0.1) is 5.69 Å². The molecule has 36 heavy (non-hydrogen) atoms. The summed E-state index contributed by atoms with van der Waals surface area (Å²) >= 11 is 0. The van der Waals surface area contributed by atoms with E-state index >= 15 is 0 Å². The molecule has 1 aliphatic rings. The summed E-state index contributed by atoms with van der Waals surface area (Å²) in [7, 11) is -4.23. The van der Waals surface area contributed by atoms with Crippen molar-refractivity contribution in [2.75, 3.05) is 25.0 Å². The van der Waals surface area contributed by atoms with Gasteiger partial charge in [-0.3, -0.25) is 4.90 Å². The van der Waals surface area contributed by atoms with Gasteiger partial charge in [-0.2, -0.15) is 13.6 Å². The minimum absolute atomic E-state index is 0.210. The number of anilines is 1. The topological polar surface area (TPSA) is 143 Å². The van der Waals surface area contributed by atoms with Crippen LogP contribution in [0.2, 0.25) is 0 Å². The lowest BCUT2D eigenvalue weighted by molar-refractivity contribution is 0.139. The highest BCUT2D eigenvalue weighted by Gasteiger charge is 2.22. The fourth-order valence-corrected chi connectivity index (χ4v) is 4.59. The van der Waals surface area contributed by atoms with Gasteiger partial charge in [-0.25, -0.2) is 9.97 Å². The second kappa shape index (κ2) is 11.2. The van der Waals surface area contributed by atoms with Crippen LogP contribution in [0.3, 0.4) is 0 Å². The number of rotatable bonds is 9. The van der Waals surface area contributed by atoms with Crippen LogP contribution >= 0.6 is 0 Å². The number of benzene rings is 2. The van der Waals surface area contributed by atoms with E-state index in [-0.39, 0.29) is 11.5 Å². The predicted octanol–water partition coefficient (Wildman–Crippen LogP) is 2.27. The fraction of sp³-hybridized carbons (Fsp3) is 0.360. The second-order valence-corrected chi connectivity index (χ2v) is 10.3. The summed E-state index contributed by atoms with van der Waals surface area (Å²) in [4.78, 5) is 11.5. The first-order valence-electron chi connectivity index (χ1n) is 11.8. The van der Waals surface area contributed by atoms with Crippen LogP contribution in [0, 0.1) is 0 Å². The van der Waals surface area contributed by atoms with E-state index in [2.05, 4.69) is 61.7 Å². The number of hydrogen-bond donors (Lipinski definition) is 4. The minimum Gasteiger partial charge on any atom is -0.504 e. The zero-order valence-corrected chi connectivity index (χ0v) is 21.2. The van der Waals surface area contributed by atoms with Crippen LogP contribution in [0.25, 0.3) is 11.3 Å². The maximum Gasteiger partial charge on any atom is 0.380 e. The van der Waals surface area contributed by atoms with Gasteiger partial charge in [-0.05, 0) is 55.7 Å². The smallest absolute Gasteiger partial charge is 0.380 e. The summed E-state index contributed by atoms with van der Waals surface area (Å²) in [6.07, 6.45) is 2.24. The molecule has 0 bridgehead atoms. The molecular formula is C25H32N6O4S. The molecule has 0 spiro atoms. The highest BCUT2D eigenvalue weighted by Crippen LogP contribution is 2.28. The lowest BCUT2D eigenvalue weighted by Gasteiger charge is -2.37. The average Bonchev–Trinajstić information content (AvgIpc) is 2.83. The molecule has 5 N–H and O–H groups in total. The molecule has 3 aromatic rings. The van der Waals surface area contributed by atoms with E-state index in [0.29, 0.717) is 31.0 Å². The van der Waals surface area contributed by atoms with Crippen molar-refractivity contribution in [3.05, 3.63) is 65.9 Å². The second-order valence-electron chi connectivity index (χ2n) is 9.11. The number of piperazine rings is 1.